The molecule has 2 aliphatic carbocycles. The Bertz CT molecular complexity index is 430. The average molecular weight is 324 g/mol. The van der Waals surface area contributed by atoms with E-state index in [1.165, 1.54) is 25.7 Å². The summed E-state index contributed by atoms with van der Waals surface area (Å²) in [7, 11) is 0. The molecule has 0 radical (unpaired) electrons. The smallest absolute Gasteiger partial charge is 0.407 e. The first-order chi connectivity index (χ1) is 10.7. The maximum atomic E-state index is 12.0. The van der Waals surface area contributed by atoms with Gasteiger partial charge >= 0.3 is 6.09 Å². The van der Waals surface area contributed by atoms with Crippen molar-refractivity contribution in [2.24, 2.45) is 17.8 Å². The van der Waals surface area contributed by atoms with Gasteiger partial charge in [-0.1, -0.05) is 6.42 Å². The third kappa shape index (κ3) is 5.70. The van der Waals surface area contributed by atoms with Crippen molar-refractivity contribution >= 4 is 12.0 Å². The van der Waals surface area contributed by atoms with E-state index in [1.54, 1.807) is 0 Å². The van der Waals surface area contributed by atoms with E-state index in [-0.39, 0.29) is 11.9 Å². The monoisotopic (exact) mass is 324 g/mol. The molecule has 5 heteroatoms. The quantitative estimate of drug-likeness (QED) is 0.737. The highest BCUT2D eigenvalue weighted by molar-refractivity contribution is 5.76. The zero-order valence-corrected chi connectivity index (χ0v) is 15.0. The minimum atomic E-state index is -0.489. The molecule has 0 spiro atoms. The van der Waals surface area contributed by atoms with Crippen LogP contribution >= 0.6 is 0 Å². The maximum Gasteiger partial charge on any atom is 0.407 e. The van der Waals surface area contributed by atoms with E-state index in [0.717, 1.165) is 11.8 Å². The van der Waals surface area contributed by atoms with Crippen LogP contribution in [-0.2, 0) is 9.53 Å². The van der Waals surface area contributed by atoms with Crippen molar-refractivity contribution in [3.63, 3.8) is 0 Å². The number of ether oxygens (including phenoxy) is 1. The molecule has 2 aliphatic rings. The molecule has 5 nitrogen and oxygen atoms in total. The number of amides is 2. The minimum Gasteiger partial charge on any atom is -0.444 e. The molecule has 2 fully saturated rings. The number of rotatable bonds is 6. The lowest BCUT2D eigenvalue weighted by atomic mass is 9.84. The van der Waals surface area contributed by atoms with Gasteiger partial charge in [0.2, 0.25) is 5.91 Å². The summed E-state index contributed by atoms with van der Waals surface area (Å²) in [4.78, 5) is 23.5. The highest BCUT2D eigenvalue weighted by Gasteiger charge is 2.42. The fourth-order valence-corrected chi connectivity index (χ4v) is 4.09. The number of hydrogen-bond donors (Lipinski definition) is 2. The number of carbonyl (C=O) groups is 2. The summed E-state index contributed by atoms with van der Waals surface area (Å²) in [5.41, 5.74) is -0.489. The SMILES string of the molecule is CC(NC(=O)CCCNC(=O)OC(C)(C)C)C1CC2CCC1C2. The van der Waals surface area contributed by atoms with Gasteiger partial charge in [0.05, 0.1) is 0 Å². The summed E-state index contributed by atoms with van der Waals surface area (Å²) in [6.07, 6.45) is 6.04. The second-order valence-electron chi connectivity index (χ2n) is 8.23. The number of alkyl carbamates (subject to hydrolysis) is 1. The first kappa shape index (κ1) is 18.1. The van der Waals surface area contributed by atoms with Gasteiger partial charge in [0.15, 0.2) is 0 Å². The van der Waals surface area contributed by atoms with Gasteiger partial charge in [-0.15, -0.1) is 0 Å². The Kier molecular flexibility index (Phi) is 5.93. The van der Waals surface area contributed by atoms with Crippen LogP contribution in [0.1, 0.15) is 66.2 Å². The molecule has 2 rings (SSSR count). The van der Waals surface area contributed by atoms with Crippen LogP contribution in [0.4, 0.5) is 4.79 Å². The van der Waals surface area contributed by atoms with E-state index in [0.29, 0.717) is 25.3 Å². The molecule has 0 saturated heterocycles. The first-order valence-corrected chi connectivity index (χ1v) is 9.01. The minimum absolute atomic E-state index is 0.0891. The fraction of sp³-hybridized carbons (Fsp3) is 0.889. The second kappa shape index (κ2) is 7.54. The van der Waals surface area contributed by atoms with Gasteiger partial charge < -0.3 is 15.4 Å². The molecule has 0 aromatic heterocycles. The molecule has 2 N–H and O–H groups in total. The molecule has 0 aromatic carbocycles. The van der Waals surface area contributed by atoms with Crippen molar-refractivity contribution in [1.82, 2.24) is 10.6 Å². The van der Waals surface area contributed by atoms with Gasteiger partial charge in [0.25, 0.3) is 0 Å². The van der Waals surface area contributed by atoms with Crippen LogP contribution in [-0.4, -0.2) is 30.2 Å². The van der Waals surface area contributed by atoms with Gasteiger partial charge in [-0.2, -0.15) is 0 Å². The summed E-state index contributed by atoms with van der Waals surface area (Å²) < 4.78 is 5.15. The third-order valence-corrected chi connectivity index (χ3v) is 5.07. The number of hydrogen-bond acceptors (Lipinski definition) is 3. The van der Waals surface area contributed by atoms with Crippen LogP contribution in [0.15, 0.2) is 0 Å². The molecule has 0 aliphatic heterocycles. The van der Waals surface area contributed by atoms with Crippen molar-refractivity contribution in [2.45, 2.75) is 77.9 Å². The molecule has 4 unspecified atom stereocenters. The number of nitrogens with one attached hydrogen (secondary N) is 2. The van der Waals surface area contributed by atoms with Crippen molar-refractivity contribution in [2.75, 3.05) is 6.54 Å². The lowest BCUT2D eigenvalue weighted by Gasteiger charge is -2.28. The lowest BCUT2D eigenvalue weighted by molar-refractivity contribution is -0.122. The third-order valence-electron chi connectivity index (χ3n) is 5.07. The topological polar surface area (TPSA) is 67.4 Å². The number of fused-ring (bicyclic) bond motifs is 2. The van der Waals surface area contributed by atoms with Gasteiger partial charge in [-0.3, -0.25) is 4.79 Å². The normalized spacial score (nSPS) is 27.6. The van der Waals surface area contributed by atoms with Gasteiger partial charge in [-0.05, 0) is 71.1 Å². The van der Waals surface area contributed by atoms with Crippen molar-refractivity contribution in [3.05, 3.63) is 0 Å². The van der Waals surface area contributed by atoms with Crippen LogP contribution in [0.2, 0.25) is 0 Å². The Morgan fingerprint density at radius 3 is 2.52 bits per heavy atom. The summed E-state index contributed by atoms with van der Waals surface area (Å²) in [6, 6.07) is 0.275. The van der Waals surface area contributed by atoms with Crippen LogP contribution in [0, 0.1) is 17.8 Å². The molecule has 132 valence electrons. The predicted molar refractivity (Wildman–Crippen MR) is 90.0 cm³/mol. The maximum absolute atomic E-state index is 12.0. The zero-order valence-electron chi connectivity index (χ0n) is 15.0. The Morgan fingerprint density at radius 2 is 1.96 bits per heavy atom. The van der Waals surface area contributed by atoms with E-state index < -0.39 is 11.7 Å². The van der Waals surface area contributed by atoms with Crippen LogP contribution in [0.3, 0.4) is 0 Å². The molecular weight excluding hydrogens is 292 g/mol. The van der Waals surface area contributed by atoms with Gasteiger partial charge in [0.1, 0.15) is 5.60 Å². The molecular formula is C18H32N2O3. The Labute approximate surface area is 139 Å². The average Bonchev–Trinajstić information content (AvgIpc) is 3.04. The highest BCUT2D eigenvalue weighted by atomic mass is 16.6. The van der Waals surface area contributed by atoms with E-state index in [9.17, 15) is 9.59 Å². The molecule has 0 heterocycles. The Hall–Kier alpha value is -1.26. The predicted octanol–water partition coefficient (Wildman–Crippen LogP) is 3.23. The summed E-state index contributed by atoms with van der Waals surface area (Å²) in [5, 5.41) is 5.83. The largest absolute Gasteiger partial charge is 0.444 e. The molecule has 4 atom stereocenters. The van der Waals surface area contributed by atoms with E-state index in [4.69, 9.17) is 4.74 Å². The Morgan fingerprint density at radius 1 is 1.22 bits per heavy atom. The summed E-state index contributed by atoms with van der Waals surface area (Å²) >= 11 is 0. The fourth-order valence-electron chi connectivity index (χ4n) is 4.09. The lowest BCUT2D eigenvalue weighted by Crippen LogP contribution is -2.40. The summed E-state index contributed by atoms with van der Waals surface area (Å²) in [5.74, 6) is 2.48. The van der Waals surface area contributed by atoms with Crippen LogP contribution in [0.5, 0.6) is 0 Å². The summed E-state index contributed by atoms with van der Waals surface area (Å²) in [6.45, 7) is 8.10. The molecule has 23 heavy (non-hydrogen) atoms. The number of carbonyl (C=O) groups excluding carboxylic acids is 2. The van der Waals surface area contributed by atoms with Crippen molar-refractivity contribution in [3.8, 4) is 0 Å². The zero-order chi connectivity index (χ0) is 17.0. The van der Waals surface area contributed by atoms with Crippen LogP contribution in [0.25, 0.3) is 0 Å². The van der Waals surface area contributed by atoms with Gasteiger partial charge in [-0.25, -0.2) is 4.79 Å². The molecule has 0 aromatic rings. The first-order valence-electron chi connectivity index (χ1n) is 9.01. The van der Waals surface area contributed by atoms with E-state index >= 15 is 0 Å². The van der Waals surface area contributed by atoms with Crippen LogP contribution < -0.4 is 10.6 Å². The van der Waals surface area contributed by atoms with E-state index in [2.05, 4.69) is 17.6 Å². The molecule has 2 bridgehead atoms. The van der Waals surface area contributed by atoms with Gasteiger partial charge in [0, 0.05) is 19.0 Å². The standard InChI is InChI=1S/C18H32N2O3/c1-12(15-11-13-7-8-14(15)10-13)20-16(21)6-5-9-19-17(22)23-18(2,3)4/h12-15H,5-11H2,1-4H3,(H,19,22)(H,20,21). The molecule has 2 saturated carbocycles. The van der Waals surface area contributed by atoms with Crippen molar-refractivity contribution < 1.29 is 14.3 Å². The Balaban J connectivity index is 1.57. The second-order valence-corrected chi connectivity index (χ2v) is 8.23. The van der Waals surface area contributed by atoms with E-state index in [1.807, 2.05) is 20.8 Å². The van der Waals surface area contributed by atoms with Crippen molar-refractivity contribution in [1.29, 1.82) is 0 Å². The highest BCUT2D eigenvalue weighted by Crippen LogP contribution is 2.49. The molecule has 2 amide bonds.